The minimum absolute atomic E-state index is 0.0764. The molecule has 2 heterocycles. The molecule has 92 valence electrons. The Morgan fingerprint density at radius 3 is 3.06 bits per heavy atom. The molecule has 3 rings (SSSR count). The molecular weight excluding hydrogens is 232 g/mol. The maximum atomic E-state index is 11.9. The highest BCUT2D eigenvalue weighted by atomic mass is 16.2. The van der Waals surface area contributed by atoms with Crippen LogP contribution < -0.4 is 10.6 Å². The molecule has 1 aromatic heterocycles. The largest absolute Gasteiger partial charge is 0.369 e. The summed E-state index contributed by atoms with van der Waals surface area (Å²) in [5, 5.41) is 7.68. The molecular formula is C12H12N4O2. The highest BCUT2D eigenvalue weighted by molar-refractivity contribution is 6.06. The van der Waals surface area contributed by atoms with E-state index in [-0.39, 0.29) is 12.3 Å². The maximum Gasteiger partial charge on any atom is 0.227 e. The molecule has 18 heavy (non-hydrogen) atoms. The van der Waals surface area contributed by atoms with Crippen molar-refractivity contribution in [2.75, 3.05) is 11.4 Å². The van der Waals surface area contributed by atoms with Crippen LogP contribution in [-0.2, 0) is 9.59 Å². The van der Waals surface area contributed by atoms with E-state index >= 15 is 0 Å². The number of fused-ring (bicyclic) bond motifs is 1. The molecule has 1 aromatic carbocycles. The smallest absolute Gasteiger partial charge is 0.227 e. The molecule has 1 aliphatic rings. The number of hydrogen-bond donors (Lipinski definition) is 2. The zero-order valence-electron chi connectivity index (χ0n) is 9.59. The number of H-pyrrole nitrogens is 1. The van der Waals surface area contributed by atoms with Crippen molar-refractivity contribution in [1.82, 2.24) is 10.2 Å². The van der Waals surface area contributed by atoms with Gasteiger partial charge < -0.3 is 10.6 Å². The molecule has 0 aliphatic carbocycles. The maximum absolute atomic E-state index is 11.9. The monoisotopic (exact) mass is 244 g/mol. The Balaban J connectivity index is 2.03. The number of nitrogens with zero attached hydrogens (tertiary/aromatic N) is 2. The molecule has 6 nitrogen and oxygen atoms in total. The summed E-state index contributed by atoms with van der Waals surface area (Å²) in [5.41, 5.74) is 6.89. The second-order valence-electron chi connectivity index (χ2n) is 4.42. The van der Waals surface area contributed by atoms with Gasteiger partial charge in [-0.3, -0.25) is 14.7 Å². The van der Waals surface area contributed by atoms with Crippen molar-refractivity contribution in [1.29, 1.82) is 0 Å². The normalized spacial score (nSPS) is 19.7. The first-order valence-electron chi connectivity index (χ1n) is 5.68. The van der Waals surface area contributed by atoms with Crippen LogP contribution in [0.3, 0.4) is 0 Å². The summed E-state index contributed by atoms with van der Waals surface area (Å²) in [6, 6.07) is 5.58. The van der Waals surface area contributed by atoms with Crippen LogP contribution >= 0.6 is 0 Å². The predicted octanol–water partition coefficient (Wildman–Crippen LogP) is 0.401. The van der Waals surface area contributed by atoms with E-state index in [1.54, 1.807) is 11.1 Å². The Kier molecular flexibility index (Phi) is 2.29. The van der Waals surface area contributed by atoms with Crippen molar-refractivity contribution >= 4 is 28.4 Å². The Morgan fingerprint density at radius 2 is 2.33 bits per heavy atom. The van der Waals surface area contributed by atoms with E-state index in [1.165, 1.54) is 0 Å². The molecule has 1 saturated heterocycles. The third kappa shape index (κ3) is 1.54. The average molecular weight is 244 g/mol. The van der Waals surface area contributed by atoms with Gasteiger partial charge in [0.25, 0.3) is 0 Å². The molecule has 3 N–H and O–H groups in total. The lowest BCUT2D eigenvalue weighted by molar-refractivity contribution is -0.123. The standard InChI is InChI=1S/C12H12N4O2/c13-12(18)7-4-11(17)16(6-7)10-3-1-2-9-8(10)5-14-15-9/h1-3,5,7H,4,6H2,(H2,13,18)(H,14,15). The molecule has 1 aliphatic heterocycles. The fourth-order valence-corrected chi connectivity index (χ4v) is 2.32. The molecule has 2 amide bonds. The van der Waals surface area contributed by atoms with E-state index in [0.29, 0.717) is 6.54 Å². The Hall–Kier alpha value is -2.37. The first-order chi connectivity index (χ1) is 8.66. The molecule has 0 radical (unpaired) electrons. The number of hydrogen-bond acceptors (Lipinski definition) is 3. The van der Waals surface area contributed by atoms with Crippen LogP contribution in [0.4, 0.5) is 5.69 Å². The summed E-state index contributed by atoms with van der Waals surface area (Å²) in [5.74, 6) is -0.905. The van der Waals surface area contributed by atoms with Gasteiger partial charge in [-0.25, -0.2) is 0 Å². The lowest BCUT2D eigenvalue weighted by Crippen LogP contribution is -2.28. The average Bonchev–Trinajstić information content (AvgIpc) is 2.94. The van der Waals surface area contributed by atoms with Gasteiger partial charge in [-0.2, -0.15) is 5.10 Å². The van der Waals surface area contributed by atoms with Crippen LogP contribution in [0, 0.1) is 5.92 Å². The number of anilines is 1. The predicted molar refractivity (Wildman–Crippen MR) is 65.7 cm³/mol. The van der Waals surface area contributed by atoms with Crippen LogP contribution in [0.25, 0.3) is 10.9 Å². The van der Waals surface area contributed by atoms with E-state index in [1.807, 2.05) is 18.2 Å². The van der Waals surface area contributed by atoms with Crippen LogP contribution in [0.1, 0.15) is 6.42 Å². The molecule has 2 aromatic rings. The molecule has 0 spiro atoms. The van der Waals surface area contributed by atoms with E-state index in [2.05, 4.69) is 10.2 Å². The van der Waals surface area contributed by atoms with Gasteiger partial charge in [-0.05, 0) is 12.1 Å². The third-order valence-electron chi connectivity index (χ3n) is 3.28. The first kappa shape index (κ1) is 10.8. The van der Waals surface area contributed by atoms with E-state index in [9.17, 15) is 9.59 Å². The number of nitrogens with two attached hydrogens (primary N) is 1. The van der Waals surface area contributed by atoms with Crippen molar-refractivity contribution in [3.63, 3.8) is 0 Å². The molecule has 1 fully saturated rings. The molecule has 1 atom stereocenters. The van der Waals surface area contributed by atoms with Gasteiger partial charge in [0.05, 0.1) is 23.3 Å². The summed E-state index contributed by atoms with van der Waals surface area (Å²) in [4.78, 5) is 24.7. The number of benzene rings is 1. The summed E-state index contributed by atoms with van der Waals surface area (Å²) < 4.78 is 0. The highest BCUT2D eigenvalue weighted by Gasteiger charge is 2.34. The number of rotatable bonds is 2. The summed E-state index contributed by atoms with van der Waals surface area (Å²) in [6.07, 6.45) is 1.86. The Bertz CT molecular complexity index is 634. The minimum atomic E-state index is -0.426. The van der Waals surface area contributed by atoms with Crippen molar-refractivity contribution < 1.29 is 9.59 Å². The van der Waals surface area contributed by atoms with Crippen molar-refractivity contribution in [2.45, 2.75) is 6.42 Å². The van der Waals surface area contributed by atoms with Crippen LogP contribution in [0.5, 0.6) is 0 Å². The van der Waals surface area contributed by atoms with Crippen molar-refractivity contribution in [3.8, 4) is 0 Å². The van der Waals surface area contributed by atoms with Crippen LogP contribution in [0.15, 0.2) is 24.4 Å². The van der Waals surface area contributed by atoms with Gasteiger partial charge >= 0.3 is 0 Å². The lowest BCUT2D eigenvalue weighted by atomic mass is 10.1. The lowest BCUT2D eigenvalue weighted by Gasteiger charge is -2.17. The number of nitrogens with one attached hydrogen (secondary N) is 1. The van der Waals surface area contributed by atoms with Crippen LogP contribution in [0.2, 0.25) is 0 Å². The van der Waals surface area contributed by atoms with Gasteiger partial charge in [0, 0.05) is 18.4 Å². The molecule has 0 saturated carbocycles. The molecule has 1 unspecified atom stereocenters. The van der Waals surface area contributed by atoms with Gasteiger partial charge in [-0.15, -0.1) is 0 Å². The van der Waals surface area contributed by atoms with E-state index in [4.69, 9.17) is 5.73 Å². The van der Waals surface area contributed by atoms with Gasteiger partial charge in [0.2, 0.25) is 11.8 Å². The number of aromatic amines is 1. The van der Waals surface area contributed by atoms with Gasteiger partial charge in [0.1, 0.15) is 0 Å². The first-order valence-corrected chi connectivity index (χ1v) is 5.68. The molecule has 0 bridgehead atoms. The van der Waals surface area contributed by atoms with Crippen molar-refractivity contribution in [3.05, 3.63) is 24.4 Å². The fraction of sp³-hybridized carbons (Fsp3) is 0.250. The molecule has 6 heteroatoms. The topological polar surface area (TPSA) is 92.1 Å². The zero-order valence-corrected chi connectivity index (χ0v) is 9.59. The Labute approximate surface area is 103 Å². The quantitative estimate of drug-likeness (QED) is 0.801. The zero-order chi connectivity index (χ0) is 12.7. The number of primary amides is 1. The second kappa shape index (κ2) is 3.83. The summed E-state index contributed by atoms with van der Waals surface area (Å²) in [6.45, 7) is 0.346. The minimum Gasteiger partial charge on any atom is -0.369 e. The van der Waals surface area contributed by atoms with Crippen molar-refractivity contribution in [2.24, 2.45) is 11.7 Å². The summed E-state index contributed by atoms with van der Waals surface area (Å²) >= 11 is 0. The van der Waals surface area contributed by atoms with Gasteiger partial charge in [0.15, 0.2) is 0 Å². The number of amides is 2. The highest BCUT2D eigenvalue weighted by Crippen LogP contribution is 2.30. The SMILES string of the molecule is NC(=O)C1CC(=O)N(c2cccc3[nH]ncc23)C1. The number of carbonyl (C=O) groups is 2. The van der Waals surface area contributed by atoms with Crippen LogP contribution in [-0.4, -0.2) is 28.6 Å². The fourth-order valence-electron chi connectivity index (χ4n) is 2.32. The van der Waals surface area contributed by atoms with E-state index < -0.39 is 11.8 Å². The Morgan fingerprint density at radius 1 is 1.50 bits per heavy atom. The van der Waals surface area contributed by atoms with Gasteiger partial charge in [-0.1, -0.05) is 6.07 Å². The van der Waals surface area contributed by atoms with E-state index in [0.717, 1.165) is 16.6 Å². The number of carbonyl (C=O) groups excluding carboxylic acids is 2. The third-order valence-corrected chi connectivity index (χ3v) is 3.28. The summed E-state index contributed by atoms with van der Waals surface area (Å²) in [7, 11) is 0. The second-order valence-corrected chi connectivity index (χ2v) is 4.42. The number of aromatic nitrogens is 2.